The normalized spacial score (nSPS) is 9.23. The number of anilines is 2. The van der Waals surface area contributed by atoms with Gasteiger partial charge in [0.2, 0.25) is 0 Å². The number of nitrogens with one attached hydrogen (secondary N) is 1. The fraction of sp³-hybridized carbons (Fsp3) is 0. The van der Waals surface area contributed by atoms with Gasteiger partial charge >= 0.3 is 78.0 Å². The van der Waals surface area contributed by atoms with Crippen LogP contribution in [0.2, 0.25) is 0 Å². The molecule has 13 heavy (non-hydrogen) atoms. The van der Waals surface area contributed by atoms with Crippen LogP contribution in [0.15, 0.2) is 54.5 Å². The van der Waals surface area contributed by atoms with Gasteiger partial charge in [-0.05, 0) is 0 Å². The summed E-state index contributed by atoms with van der Waals surface area (Å²) < 4.78 is 0. The third kappa shape index (κ3) is 2.18. The van der Waals surface area contributed by atoms with E-state index < -0.39 is 0 Å². The number of benzene rings is 1. The van der Waals surface area contributed by atoms with Crippen molar-refractivity contribution < 1.29 is 0 Å². The summed E-state index contributed by atoms with van der Waals surface area (Å²) in [5.74, 6) is 2.02. The van der Waals surface area contributed by atoms with Crippen molar-refractivity contribution in [2.24, 2.45) is 0 Å². The van der Waals surface area contributed by atoms with Gasteiger partial charge < -0.3 is 0 Å². The minimum absolute atomic E-state index is 1.12. The number of rotatable bonds is 2. The molecule has 0 aliphatic carbocycles. The first-order valence-electron chi connectivity index (χ1n) is 4.32. The molecule has 0 bridgehead atoms. The zero-order valence-electron chi connectivity index (χ0n) is 7.27. The molecule has 62 valence electrons. The van der Waals surface area contributed by atoms with Gasteiger partial charge in [0.05, 0.1) is 0 Å². The van der Waals surface area contributed by atoms with E-state index in [1.165, 1.54) is 0 Å². The SMILES string of the molecule is b1ccccc1Nc1ccccc1. The van der Waals surface area contributed by atoms with Crippen LogP contribution in [0.3, 0.4) is 0 Å². The predicted molar refractivity (Wildman–Crippen MR) is 57.5 cm³/mol. The predicted octanol–water partition coefficient (Wildman–Crippen LogP) is 2.77. The van der Waals surface area contributed by atoms with Gasteiger partial charge in [-0.2, -0.15) is 0 Å². The molecule has 0 saturated heterocycles. The molecule has 0 radical (unpaired) electrons. The van der Waals surface area contributed by atoms with Crippen LogP contribution in [0.4, 0.5) is 11.3 Å². The zero-order chi connectivity index (χ0) is 8.93. The van der Waals surface area contributed by atoms with Crippen molar-refractivity contribution in [1.82, 2.24) is 0 Å². The van der Waals surface area contributed by atoms with Gasteiger partial charge in [0, 0.05) is 0 Å². The van der Waals surface area contributed by atoms with Gasteiger partial charge in [-0.25, -0.2) is 0 Å². The van der Waals surface area contributed by atoms with E-state index in [-0.39, 0.29) is 0 Å². The number of hydrogen-bond donors (Lipinski definition) is 1. The second-order valence-corrected chi connectivity index (χ2v) is 2.86. The number of para-hydroxylation sites is 1. The Morgan fingerprint density at radius 3 is 2.31 bits per heavy atom. The van der Waals surface area contributed by atoms with E-state index in [1.54, 1.807) is 0 Å². The van der Waals surface area contributed by atoms with Crippen LogP contribution >= 0.6 is 0 Å². The summed E-state index contributed by atoms with van der Waals surface area (Å²) in [5, 5.41) is 3.30. The Morgan fingerprint density at radius 2 is 1.62 bits per heavy atom. The van der Waals surface area contributed by atoms with Gasteiger partial charge in [0.15, 0.2) is 0 Å². The molecule has 0 aliphatic rings. The molecular formula is C11H10BN. The third-order valence-corrected chi connectivity index (χ3v) is 1.84. The van der Waals surface area contributed by atoms with E-state index in [4.69, 9.17) is 0 Å². The Hall–Kier alpha value is -1.57. The third-order valence-electron chi connectivity index (χ3n) is 1.84. The van der Waals surface area contributed by atoms with E-state index in [0.717, 1.165) is 11.3 Å². The molecule has 0 aliphatic heterocycles. The van der Waals surface area contributed by atoms with Crippen LogP contribution in [0, 0.1) is 0 Å². The van der Waals surface area contributed by atoms with Crippen molar-refractivity contribution in [3.8, 4) is 0 Å². The summed E-state index contributed by atoms with van der Waals surface area (Å²) in [7, 11) is 0. The maximum atomic E-state index is 3.30. The summed E-state index contributed by atoms with van der Waals surface area (Å²) in [6.45, 7) is 2.05. The van der Waals surface area contributed by atoms with Crippen molar-refractivity contribution in [2.45, 2.75) is 0 Å². The Balaban J connectivity index is 2.16. The molecule has 2 aromatic rings. The average molecular weight is 167 g/mol. The van der Waals surface area contributed by atoms with Crippen molar-refractivity contribution in [3.63, 3.8) is 0 Å². The second-order valence-electron chi connectivity index (χ2n) is 2.86. The first-order chi connectivity index (χ1) is 6.45. The van der Waals surface area contributed by atoms with Crippen molar-refractivity contribution in [1.29, 1.82) is 0 Å². The molecule has 2 heteroatoms. The molecular weight excluding hydrogens is 157 g/mol. The molecule has 1 aromatic carbocycles. The van der Waals surface area contributed by atoms with Gasteiger partial charge in [-0.15, -0.1) is 0 Å². The molecule has 0 fully saturated rings. The molecule has 1 heterocycles. The van der Waals surface area contributed by atoms with E-state index >= 15 is 0 Å². The molecule has 1 nitrogen and oxygen atoms in total. The van der Waals surface area contributed by atoms with E-state index in [2.05, 4.69) is 5.32 Å². The monoisotopic (exact) mass is 167 g/mol. The molecule has 0 saturated carbocycles. The molecule has 2 rings (SSSR count). The molecule has 0 amide bonds. The maximum absolute atomic E-state index is 3.30. The molecule has 1 N–H and O–H groups in total. The van der Waals surface area contributed by atoms with Crippen molar-refractivity contribution >= 4 is 18.2 Å². The fourth-order valence-electron chi connectivity index (χ4n) is 1.21. The van der Waals surface area contributed by atoms with E-state index in [9.17, 15) is 0 Å². The van der Waals surface area contributed by atoms with Gasteiger partial charge in [-0.1, -0.05) is 0 Å². The molecule has 1 aromatic heterocycles. The Kier molecular flexibility index (Phi) is 2.42. The first-order valence-corrected chi connectivity index (χ1v) is 4.32. The quantitative estimate of drug-likeness (QED) is 0.724. The van der Waals surface area contributed by atoms with Crippen LogP contribution in [-0.2, 0) is 0 Å². The molecule has 0 spiro atoms. The standard InChI is InChI=1S/C11H10BN/c1-2-6-10(7-3-1)13-11-8-4-5-9-12-11/h1-9,13H. The summed E-state index contributed by atoms with van der Waals surface area (Å²) in [6.07, 6.45) is 0. The summed E-state index contributed by atoms with van der Waals surface area (Å²) in [4.78, 5) is 0. The van der Waals surface area contributed by atoms with Crippen molar-refractivity contribution in [2.75, 3.05) is 5.32 Å². The van der Waals surface area contributed by atoms with Crippen LogP contribution in [0.25, 0.3) is 0 Å². The van der Waals surface area contributed by atoms with Crippen molar-refractivity contribution in [3.05, 3.63) is 54.5 Å². The van der Waals surface area contributed by atoms with Gasteiger partial charge in [-0.3, -0.25) is 0 Å². The summed E-state index contributed by atoms with van der Waals surface area (Å²) in [5.41, 5.74) is 2.24. The molecule has 0 unspecified atom stereocenters. The Labute approximate surface area is 78.6 Å². The Morgan fingerprint density at radius 1 is 0.846 bits per heavy atom. The number of hydrogen-bond acceptors (Lipinski definition) is 1. The van der Waals surface area contributed by atoms with E-state index in [1.807, 2.05) is 61.4 Å². The van der Waals surface area contributed by atoms with E-state index in [0.29, 0.717) is 0 Å². The zero-order valence-corrected chi connectivity index (χ0v) is 7.27. The molecule has 0 atom stereocenters. The average Bonchev–Trinajstić information content (AvgIpc) is 2.21. The minimum atomic E-state index is 1.12. The Bertz CT molecular complexity index is 321. The summed E-state index contributed by atoms with van der Waals surface area (Å²) >= 11 is 0. The van der Waals surface area contributed by atoms with Gasteiger partial charge in [0.1, 0.15) is 0 Å². The van der Waals surface area contributed by atoms with Crippen LogP contribution in [-0.4, -0.2) is 6.91 Å². The second kappa shape index (κ2) is 3.90. The fourth-order valence-corrected chi connectivity index (χ4v) is 1.21. The van der Waals surface area contributed by atoms with Crippen LogP contribution < -0.4 is 5.32 Å². The van der Waals surface area contributed by atoms with Crippen LogP contribution in [0.5, 0.6) is 0 Å². The van der Waals surface area contributed by atoms with Crippen LogP contribution in [0.1, 0.15) is 0 Å². The first kappa shape index (κ1) is 8.05. The summed E-state index contributed by atoms with van der Waals surface area (Å²) in [6, 6.07) is 16.2. The topological polar surface area (TPSA) is 12.0 Å². The van der Waals surface area contributed by atoms with Gasteiger partial charge in [0.25, 0.3) is 0 Å².